The number of alkyl halides is 2. The molecule has 1 aliphatic heterocycles. The van der Waals surface area contributed by atoms with Crippen molar-refractivity contribution >= 4 is 28.9 Å². The standard InChI is InChI=1S/C25H21F2N3O3S/c1-16-6-2-3-7-20(16)30-23(32)21(14-17-8-10-18(11-9-17)33-25(26)27)34-24(30)19(15-28)22(31)29-12-4-5-13-29/h2-3,6-11,14,25H,4-5,12-13H2,1H3/b21-14+,24-19-. The van der Waals surface area contributed by atoms with Crippen LogP contribution in [-0.4, -0.2) is 35.1 Å². The highest BCUT2D eigenvalue weighted by atomic mass is 32.1. The summed E-state index contributed by atoms with van der Waals surface area (Å²) >= 11 is 1.06. The van der Waals surface area contributed by atoms with Gasteiger partial charge in [0.1, 0.15) is 16.5 Å². The first-order valence-corrected chi connectivity index (χ1v) is 11.5. The Morgan fingerprint density at radius 1 is 1.15 bits per heavy atom. The van der Waals surface area contributed by atoms with Gasteiger partial charge >= 0.3 is 6.61 Å². The second-order valence-corrected chi connectivity index (χ2v) is 8.81. The van der Waals surface area contributed by atoms with Crippen molar-refractivity contribution < 1.29 is 18.3 Å². The maximum Gasteiger partial charge on any atom is 0.387 e. The van der Waals surface area contributed by atoms with Crippen LogP contribution in [0.3, 0.4) is 0 Å². The van der Waals surface area contributed by atoms with E-state index in [1.807, 2.05) is 25.1 Å². The first kappa shape index (κ1) is 23.4. The van der Waals surface area contributed by atoms with E-state index in [2.05, 4.69) is 4.74 Å². The fourth-order valence-electron chi connectivity index (χ4n) is 3.85. The number of thiazole rings is 1. The molecule has 1 amide bonds. The topological polar surface area (TPSA) is 75.3 Å². The molecule has 34 heavy (non-hydrogen) atoms. The van der Waals surface area contributed by atoms with Crippen molar-refractivity contribution in [3.63, 3.8) is 0 Å². The number of aryl methyl sites for hydroxylation is 1. The van der Waals surface area contributed by atoms with Gasteiger partial charge in [-0.25, -0.2) is 0 Å². The van der Waals surface area contributed by atoms with Gasteiger partial charge in [-0.3, -0.25) is 14.2 Å². The lowest BCUT2D eigenvalue weighted by atomic mass is 10.2. The molecule has 4 rings (SSSR count). The van der Waals surface area contributed by atoms with E-state index in [-0.39, 0.29) is 27.5 Å². The van der Waals surface area contributed by atoms with Crippen molar-refractivity contribution in [3.05, 3.63) is 79.2 Å². The SMILES string of the molecule is Cc1ccccc1-n1c(=O)/c(=C\c2ccc(OC(F)F)cc2)s/c1=C(/C#N)C(=O)N1CCCC1. The lowest BCUT2D eigenvalue weighted by Crippen LogP contribution is -2.35. The van der Waals surface area contributed by atoms with Gasteiger partial charge in [0.25, 0.3) is 11.5 Å². The van der Waals surface area contributed by atoms with Crippen molar-refractivity contribution in [2.75, 3.05) is 13.1 Å². The number of likely N-dealkylation sites (tertiary alicyclic amines) is 1. The van der Waals surface area contributed by atoms with Crippen LogP contribution in [0.2, 0.25) is 0 Å². The van der Waals surface area contributed by atoms with E-state index in [0.29, 0.717) is 28.9 Å². The Balaban J connectivity index is 1.93. The monoisotopic (exact) mass is 481 g/mol. The second kappa shape index (κ2) is 10.0. The number of ether oxygens (including phenoxy) is 1. The molecule has 1 aliphatic rings. The van der Waals surface area contributed by atoms with Crippen LogP contribution in [0, 0.1) is 18.3 Å². The Hall–Kier alpha value is -3.77. The van der Waals surface area contributed by atoms with Gasteiger partial charge < -0.3 is 9.64 Å². The van der Waals surface area contributed by atoms with Crippen molar-refractivity contribution in [2.45, 2.75) is 26.4 Å². The number of carbonyl (C=O) groups excluding carboxylic acids is 1. The third-order valence-corrected chi connectivity index (χ3v) is 6.61. The van der Waals surface area contributed by atoms with Gasteiger partial charge in [-0.05, 0) is 55.2 Å². The number of amides is 1. The summed E-state index contributed by atoms with van der Waals surface area (Å²) in [6.45, 7) is 0.0818. The number of carbonyl (C=O) groups is 1. The van der Waals surface area contributed by atoms with Gasteiger partial charge in [-0.1, -0.05) is 30.3 Å². The van der Waals surface area contributed by atoms with E-state index >= 15 is 0 Å². The van der Waals surface area contributed by atoms with E-state index in [4.69, 9.17) is 0 Å². The predicted molar refractivity (Wildman–Crippen MR) is 125 cm³/mol. The first-order chi connectivity index (χ1) is 16.4. The summed E-state index contributed by atoms with van der Waals surface area (Å²) in [7, 11) is 0. The van der Waals surface area contributed by atoms with Crippen LogP contribution in [0.4, 0.5) is 8.78 Å². The van der Waals surface area contributed by atoms with Crippen molar-refractivity contribution in [3.8, 4) is 17.5 Å². The Kier molecular flexibility index (Phi) is 6.89. The first-order valence-electron chi connectivity index (χ1n) is 10.7. The minimum Gasteiger partial charge on any atom is -0.435 e. The fraction of sp³-hybridized carbons (Fsp3) is 0.240. The summed E-state index contributed by atoms with van der Waals surface area (Å²) in [6.07, 6.45) is 3.36. The average Bonchev–Trinajstić information content (AvgIpc) is 3.45. The molecule has 2 heterocycles. The summed E-state index contributed by atoms with van der Waals surface area (Å²) in [5, 5.41) is 9.91. The highest BCUT2D eigenvalue weighted by molar-refractivity contribution is 7.07. The summed E-state index contributed by atoms with van der Waals surface area (Å²) in [5.41, 5.74) is 1.54. The van der Waals surface area contributed by atoms with Crippen molar-refractivity contribution in [2.24, 2.45) is 0 Å². The van der Waals surface area contributed by atoms with Crippen LogP contribution in [0.15, 0.2) is 53.3 Å². The van der Waals surface area contributed by atoms with E-state index in [1.54, 1.807) is 35.2 Å². The molecular formula is C25H21F2N3O3S. The molecule has 1 aromatic heterocycles. The van der Waals surface area contributed by atoms with Crippen LogP contribution in [0.5, 0.6) is 5.75 Å². The zero-order valence-corrected chi connectivity index (χ0v) is 19.1. The zero-order chi connectivity index (χ0) is 24.2. The van der Waals surface area contributed by atoms with Gasteiger partial charge in [0.2, 0.25) is 0 Å². The van der Waals surface area contributed by atoms with E-state index in [9.17, 15) is 23.6 Å². The van der Waals surface area contributed by atoms with Crippen molar-refractivity contribution in [1.82, 2.24) is 9.47 Å². The quantitative estimate of drug-likeness (QED) is 0.562. The summed E-state index contributed by atoms with van der Waals surface area (Å²) in [5.74, 6) is -0.378. The predicted octanol–water partition coefficient (Wildman–Crippen LogP) is 2.93. The molecule has 174 valence electrons. The van der Waals surface area contributed by atoms with Crippen LogP contribution < -0.4 is 19.5 Å². The minimum absolute atomic E-state index is 0.00708. The van der Waals surface area contributed by atoms with Gasteiger partial charge in [0.05, 0.1) is 10.2 Å². The largest absolute Gasteiger partial charge is 0.435 e. The number of rotatable bonds is 5. The summed E-state index contributed by atoms with van der Waals surface area (Å²) < 4.78 is 31.2. The Labute approximate surface area is 198 Å². The van der Waals surface area contributed by atoms with Crippen LogP contribution in [-0.2, 0) is 4.79 Å². The molecule has 3 aromatic rings. The number of hydrogen-bond acceptors (Lipinski definition) is 5. The molecule has 0 N–H and O–H groups in total. The summed E-state index contributed by atoms with van der Waals surface area (Å²) in [4.78, 5) is 28.3. The van der Waals surface area contributed by atoms with Gasteiger partial charge in [-0.2, -0.15) is 14.0 Å². The molecule has 0 radical (unpaired) electrons. The minimum atomic E-state index is -2.93. The molecule has 0 aliphatic carbocycles. The lowest BCUT2D eigenvalue weighted by Gasteiger charge is -2.14. The van der Waals surface area contributed by atoms with Gasteiger partial charge in [0.15, 0.2) is 5.57 Å². The van der Waals surface area contributed by atoms with Crippen LogP contribution in [0.25, 0.3) is 17.3 Å². The number of nitriles is 1. The maximum atomic E-state index is 13.5. The molecule has 0 bridgehead atoms. The Morgan fingerprint density at radius 2 is 1.82 bits per heavy atom. The zero-order valence-electron chi connectivity index (χ0n) is 18.3. The molecule has 0 saturated carbocycles. The van der Waals surface area contributed by atoms with E-state index in [1.165, 1.54) is 16.7 Å². The Morgan fingerprint density at radius 3 is 2.44 bits per heavy atom. The molecule has 0 unspecified atom stereocenters. The van der Waals surface area contributed by atoms with Gasteiger partial charge in [0, 0.05) is 13.1 Å². The normalized spacial score (nSPS) is 14.9. The number of nitrogens with zero attached hydrogens (tertiary/aromatic N) is 3. The number of aromatic nitrogens is 1. The highest BCUT2D eigenvalue weighted by Gasteiger charge is 2.24. The third-order valence-electron chi connectivity index (χ3n) is 5.52. The molecule has 0 spiro atoms. The number of para-hydroxylation sites is 1. The van der Waals surface area contributed by atoms with E-state index < -0.39 is 6.61 Å². The highest BCUT2D eigenvalue weighted by Crippen LogP contribution is 2.16. The van der Waals surface area contributed by atoms with Crippen LogP contribution >= 0.6 is 11.3 Å². The molecular weight excluding hydrogens is 460 g/mol. The number of hydrogen-bond donors (Lipinski definition) is 0. The average molecular weight is 482 g/mol. The van der Waals surface area contributed by atoms with Crippen LogP contribution in [0.1, 0.15) is 24.0 Å². The second-order valence-electron chi connectivity index (χ2n) is 7.78. The maximum absolute atomic E-state index is 13.5. The van der Waals surface area contributed by atoms with Gasteiger partial charge in [-0.15, -0.1) is 11.3 Å². The summed E-state index contributed by atoms with van der Waals surface area (Å²) in [6, 6.07) is 15.2. The lowest BCUT2D eigenvalue weighted by molar-refractivity contribution is -0.123. The van der Waals surface area contributed by atoms with E-state index in [0.717, 1.165) is 29.7 Å². The molecule has 6 nitrogen and oxygen atoms in total. The van der Waals surface area contributed by atoms with Crippen molar-refractivity contribution in [1.29, 1.82) is 5.26 Å². The Bertz CT molecular complexity index is 1430. The smallest absolute Gasteiger partial charge is 0.387 e. The molecule has 2 aromatic carbocycles. The molecule has 1 saturated heterocycles. The number of benzene rings is 2. The number of halogens is 2. The molecule has 0 atom stereocenters. The fourth-order valence-corrected chi connectivity index (χ4v) is 4.93. The molecule has 1 fully saturated rings. The third kappa shape index (κ3) is 4.77. The molecule has 9 heteroatoms.